The van der Waals surface area contributed by atoms with E-state index < -0.39 is 67.0 Å². The third kappa shape index (κ3) is 5.52. The van der Waals surface area contributed by atoms with Crippen LogP contribution in [0, 0.1) is 0 Å². The number of halogens is 4. The van der Waals surface area contributed by atoms with E-state index in [1.54, 1.807) is 20.8 Å². The van der Waals surface area contributed by atoms with Gasteiger partial charge in [0.05, 0.1) is 0 Å². The van der Waals surface area contributed by atoms with E-state index in [0.717, 1.165) is 22.8 Å². The van der Waals surface area contributed by atoms with Gasteiger partial charge in [0.1, 0.15) is 0 Å². The number of nitrogen functional groups attached to an aromatic ring is 1. The van der Waals surface area contributed by atoms with E-state index in [4.69, 9.17) is 19.9 Å². The van der Waals surface area contributed by atoms with Crippen LogP contribution < -0.4 is 5.73 Å². The van der Waals surface area contributed by atoms with E-state index in [1.807, 2.05) is 6.92 Å². The first kappa shape index (κ1) is 30.6. The number of carbonyl (C=O) groups excluding carboxylic acids is 2. The fourth-order valence-electron chi connectivity index (χ4n) is 6.96. The molecule has 0 saturated carbocycles. The number of carbonyl (C=O) groups is 2. The van der Waals surface area contributed by atoms with Gasteiger partial charge in [-0.15, -0.1) is 0 Å². The molecule has 14 heteroatoms. The Morgan fingerprint density at radius 2 is 1.84 bits per heavy atom. The zero-order chi connectivity index (χ0) is 31.0. The Labute approximate surface area is 254 Å². The zero-order valence-corrected chi connectivity index (χ0v) is 27.6. The number of hydrogen-bond acceptors (Lipinski definition) is 8. The van der Waals surface area contributed by atoms with Crippen LogP contribution in [0.15, 0.2) is 12.1 Å². The number of anilines is 1. The fourth-order valence-corrected chi connectivity index (χ4v) is 18.4. The molecule has 0 bridgehead atoms. The van der Waals surface area contributed by atoms with Crippen LogP contribution in [0.2, 0.25) is 4.18 Å². The quantitative estimate of drug-likeness (QED) is 0.439. The Morgan fingerprint density at radius 3 is 2.53 bits per heavy atom. The van der Waals surface area contributed by atoms with Gasteiger partial charge in [0.2, 0.25) is 0 Å². The molecule has 6 rings (SSSR count). The number of alkyl halides is 4. The number of ether oxygens (including phenoxy) is 3. The SMILES string of the molecule is C[C@H]1OCc2c3c(nc(N)c21)CN(C(=O)OC(C)(C)C)[C@@H]([C](=O)[In]1[CH2]C[C@H](F)[C@@H]2OCc4nc(C(F)(F)F)ccc4[C@@H]21)C3. The summed E-state index contributed by atoms with van der Waals surface area (Å²) in [5.41, 5.74) is 7.95. The molecule has 0 aromatic carbocycles. The fraction of sp³-hybridized carbons (Fsp3) is 0.586. The first-order chi connectivity index (χ1) is 20.1. The Hall–Kier alpha value is -2.45. The molecule has 0 spiro atoms. The summed E-state index contributed by atoms with van der Waals surface area (Å²) in [5, 5.41) is 0. The van der Waals surface area contributed by atoms with Crippen molar-refractivity contribution in [1.82, 2.24) is 14.9 Å². The van der Waals surface area contributed by atoms with Gasteiger partial charge in [-0.25, -0.2) is 0 Å². The predicted molar refractivity (Wildman–Crippen MR) is 147 cm³/mol. The van der Waals surface area contributed by atoms with Crippen molar-refractivity contribution >= 4 is 36.9 Å². The van der Waals surface area contributed by atoms with E-state index in [9.17, 15) is 22.8 Å². The van der Waals surface area contributed by atoms with Gasteiger partial charge in [0.25, 0.3) is 0 Å². The molecule has 4 aliphatic rings. The molecule has 6 heterocycles. The van der Waals surface area contributed by atoms with Crippen LogP contribution in [0.3, 0.4) is 0 Å². The molecule has 4 aliphatic heterocycles. The summed E-state index contributed by atoms with van der Waals surface area (Å²) >= 11 is -3.67. The molecule has 43 heavy (non-hydrogen) atoms. The minimum atomic E-state index is -4.65. The number of nitrogens with zero attached hydrogens (tertiary/aromatic N) is 3. The van der Waals surface area contributed by atoms with Gasteiger partial charge in [-0.1, -0.05) is 0 Å². The van der Waals surface area contributed by atoms with Crippen LogP contribution in [0.5, 0.6) is 0 Å². The summed E-state index contributed by atoms with van der Waals surface area (Å²) in [5.74, 6) is 0.317. The maximum absolute atomic E-state index is 15.3. The van der Waals surface area contributed by atoms with Gasteiger partial charge in [-0.05, 0) is 0 Å². The van der Waals surface area contributed by atoms with Crippen molar-refractivity contribution in [3.63, 3.8) is 0 Å². The summed E-state index contributed by atoms with van der Waals surface area (Å²) in [4.78, 5) is 38.0. The van der Waals surface area contributed by atoms with Crippen molar-refractivity contribution in [2.75, 3.05) is 5.73 Å². The second kappa shape index (κ2) is 10.9. The molecular weight excluding hydrogens is 675 g/mol. The van der Waals surface area contributed by atoms with Crippen molar-refractivity contribution in [3.05, 3.63) is 51.5 Å². The van der Waals surface area contributed by atoms with Crippen molar-refractivity contribution in [1.29, 1.82) is 0 Å². The molecular formula is C29H33F4InN4O5. The first-order valence-corrected chi connectivity index (χ1v) is 20.3. The van der Waals surface area contributed by atoms with Gasteiger partial charge in [0, 0.05) is 0 Å². The molecule has 5 atom stereocenters. The molecule has 1 fully saturated rings. The second-order valence-corrected chi connectivity index (χ2v) is 21.5. The van der Waals surface area contributed by atoms with Crippen molar-refractivity contribution < 1.29 is 41.4 Å². The molecule has 1 saturated heterocycles. The molecule has 0 aliphatic carbocycles. The molecule has 1 amide bonds. The molecule has 230 valence electrons. The van der Waals surface area contributed by atoms with Gasteiger partial charge < -0.3 is 0 Å². The normalized spacial score (nSPS) is 26.7. The van der Waals surface area contributed by atoms with E-state index in [0.29, 0.717) is 27.9 Å². The second-order valence-electron chi connectivity index (χ2n) is 12.7. The molecule has 2 aromatic heterocycles. The van der Waals surface area contributed by atoms with Crippen LogP contribution in [-0.4, -0.2) is 69.9 Å². The third-order valence-electron chi connectivity index (χ3n) is 8.84. The summed E-state index contributed by atoms with van der Waals surface area (Å²) in [6.07, 6.45) is -7.59. The average molecular weight is 708 g/mol. The number of rotatable bonds is 2. The Bertz CT molecular complexity index is 1480. The predicted octanol–water partition coefficient (Wildman–Crippen LogP) is 4.90. The van der Waals surface area contributed by atoms with Crippen LogP contribution in [0.4, 0.5) is 28.2 Å². The molecule has 0 radical (unpaired) electrons. The summed E-state index contributed by atoms with van der Waals surface area (Å²) in [6.45, 7) is 7.10. The Balaban J connectivity index is 1.40. The van der Waals surface area contributed by atoms with E-state index >= 15 is 4.39 Å². The number of fused-ring (bicyclic) bond motifs is 6. The van der Waals surface area contributed by atoms with Gasteiger partial charge in [-0.2, -0.15) is 0 Å². The standard InChI is InChI=1S/C17H22N3O4.C12H11F4NO.In/c1-9-14-12(8-23-9)11-5-10(7-21)20(6-13(11)19-15(14)18)16(22)24-17(2,3)4;1-2-8(13)10-5-7-3-4-11(12(14,15)16)17-9(7)6-18-10;/h9-10H,5-6,8H2,1-4H3,(H2,18,19);3-5,8,10H,1-2,6H2;/t9-,10-;8-,10+;/m10./s1. The summed E-state index contributed by atoms with van der Waals surface area (Å²) in [6, 6.07) is 1.32. The van der Waals surface area contributed by atoms with Crippen molar-refractivity contribution in [2.24, 2.45) is 0 Å². The summed E-state index contributed by atoms with van der Waals surface area (Å²) < 4.78 is 72.4. The van der Waals surface area contributed by atoms with Crippen LogP contribution in [0.1, 0.15) is 83.2 Å². The zero-order valence-electron chi connectivity index (χ0n) is 24.3. The number of hydrogen-bond donors (Lipinski definition) is 1. The number of aromatic nitrogens is 2. The van der Waals surface area contributed by atoms with E-state index in [2.05, 4.69) is 9.97 Å². The monoisotopic (exact) mass is 708 g/mol. The molecule has 9 nitrogen and oxygen atoms in total. The topological polar surface area (TPSA) is 117 Å². The molecule has 2 N–H and O–H groups in total. The third-order valence-corrected chi connectivity index (χ3v) is 19.3. The van der Waals surface area contributed by atoms with Gasteiger partial charge >= 0.3 is 255 Å². The number of pyridine rings is 2. The van der Waals surface area contributed by atoms with Gasteiger partial charge in [-0.3, -0.25) is 0 Å². The van der Waals surface area contributed by atoms with Gasteiger partial charge in [0.15, 0.2) is 0 Å². The Morgan fingerprint density at radius 1 is 1.09 bits per heavy atom. The van der Waals surface area contributed by atoms with Crippen LogP contribution >= 0.6 is 0 Å². The van der Waals surface area contributed by atoms with Crippen molar-refractivity contribution in [2.45, 2.75) is 104 Å². The molecule has 2 aromatic rings. The van der Waals surface area contributed by atoms with Crippen LogP contribution in [-0.2, 0) is 51.4 Å². The number of amides is 1. The first-order valence-electron chi connectivity index (χ1n) is 14.4. The number of nitrogens with two attached hydrogens (primary N) is 1. The van der Waals surface area contributed by atoms with Crippen LogP contribution in [0.25, 0.3) is 0 Å². The van der Waals surface area contributed by atoms with Crippen molar-refractivity contribution in [3.8, 4) is 0 Å². The Kier molecular flexibility index (Phi) is 7.72. The minimum absolute atomic E-state index is 0.00544. The van der Waals surface area contributed by atoms with E-state index in [-0.39, 0.29) is 41.3 Å². The maximum atomic E-state index is 15.3. The average Bonchev–Trinajstić information content (AvgIpc) is 3.32. The summed E-state index contributed by atoms with van der Waals surface area (Å²) in [7, 11) is 0. The molecule has 0 unspecified atom stereocenters. The van der Waals surface area contributed by atoms with E-state index in [1.165, 1.54) is 11.0 Å².